The van der Waals surface area contributed by atoms with Gasteiger partial charge in [0.15, 0.2) is 0 Å². The highest BCUT2D eigenvalue weighted by atomic mass is 35.5. The lowest BCUT2D eigenvalue weighted by atomic mass is 10.1. The molecule has 0 saturated carbocycles. The summed E-state index contributed by atoms with van der Waals surface area (Å²) in [4.78, 5) is 0. The predicted octanol–water partition coefficient (Wildman–Crippen LogP) is 5.04. The normalized spacial score (nSPS) is 17.3. The van der Waals surface area contributed by atoms with E-state index in [1.54, 1.807) is 0 Å². The van der Waals surface area contributed by atoms with Crippen LogP contribution in [0.5, 0.6) is 5.75 Å². The first-order chi connectivity index (χ1) is 11.7. The molecule has 0 fully saturated rings. The van der Waals surface area contributed by atoms with E-state index in [-0.39, 0.29) is 11.9 Å². The molecule has 0 radical (unpaired) electrons. The molecule has 0 bridgehead atoms. The van der Waals surface area contributed by atoms with Gasteiger partial charge in [-0.1, -0.05) is 23.7 Å². The van der Waals surface area contributed by atoms with Crippen molar-refractivity contribution in [1.29, 1.82) is 5.26 Å². The second-order valence-corrected chi connectivity index (χ2v) is 5.13. The van der Waals surface area contributed by atoms with Crippen LogP contribution >= 0.6 is 11.6 Å². The Balaban J connectivity index is 3.41. The number of halogens is 9. The highest BCUT2D eigenvalue weighted by molar-refractivity contribution is 6.32. The highest BCUT2D eigenvalue weighted by Crippen LogP contribution is 2.44. The van der Waals surface area contributed by atoms with Crippen LogP contribution in [-0.4, -0.2) is 30.5 Å². The van der Waals surface area contributed by atoms with Gasteiger partial charge in [0.2, 0.25) is 0 Å². The van der Waals surface area contributed by atoms with Crippen molar-refractivity contribution in [1.82, 2.24) is 0 Å². The number of nitrogens with zero attached hydrogens (tertiary/aromatic N) is 1. The molecule has 0 N–H and O–H groups in total. The van der Waals surface area contributed by atoms with Crippen LogP contribution in [-0.2, 0) is 9.47 Å². The molecule has 0 aromatic heterocycles. The number of rotatable bonds is 7. The van der Waals surface area contributed by atoms with Crippen molar-refractivity contribution in [2.24, 2.45) is 0 Å². The van der Waals surface area contributed by atoms with Crippen LogP contribution < -0.4 is 4.74 Å². The van der Waals surface area contributed by atoms with E-state index in [9.17, 15) is 35.1 Å². The molecule has 13 heteroatoms. The molecular weight excluding hydrogens is 406 g/mol. The lowest BCUT2D eigenvalue weighted by Crippen LogP contribution is -2.60. The first-order valence-corrected chi connectivity index (χ1v) is 6.70. The molecule has 0 saturated heterocycles. The molecule has 0 aliphatic rings. The quantitative estimate of drug-likeness (QED) is 0.464. The Morgan fingerprint density at radius 1 is 1.04 bits per heavy atom. The van der Waals surface area contributed by atoms with Gasteiger partial charge < -0.3 is 4.74 Å². The predicted molar refractivity (Wildman–Crippen MR) is 69.1 cm³/mol. The van der Waals surface area contributed by atoms with E-state index in [4.69, 9.17) is 16.9 Å². The maximum Gasteiger partial charge on any atom is 0.527 e. The van der Waals surface area contributed by atoms with Crippen LogP contribution in [0.4, 0.5) is 35.1 Å². The fourth-order valence-corrected chi connectivity index (χ4v) is 1.66. The molecule has 2 unspecified atom stereocenters. The van der Waals surface area contributed by atoms with E-state index in [1.807, 2.05) is 0 Å². The highest BCUT2D eigenvalue weighted by Gasteiger charge is 2.66. The maximum absolute atomic E-state index is 14.6. The zero-order valence-electron chi connectivity index (χ0n) is 12.5. The summed E-state index contributed by atoms with van der Waals surface area (Å²) in [6.07, 6.45) is -16.5. The van der Waals surface area contributed by atoms with Gasteiger partial charge in [0.25, 0.3) is 5.60 Å². The number of para-hydroxylation sites is 1. The second-order valence-electron chi connectivity index (χ2n) is 4.73. The standard InChI is InChI=1S/C13H8ClF8NO3/c1-10(6-23,24-8-5-3-2-4-7(8)14)12(19,26-13(20,21)22)25-11(17,18)9(15)16/h2-5,9H,1H3. The maximum atomic E-state index is 14.6. The zero-order valence-corrected chi connectivity index (χ0v) is 13.2. The number of nitriles is 1. The molecule has 26 heavy (non-hydrogen) atoms. The van der Waals surface area contributed by atoms with Gasteiger partial charge in [-0.25, -0.2) is 18.3 Å². The van der Waals surface area contributed by atoms with Gasteiger partial charge in [-0.15, -0.1) is 13.2 Å². The molecule has 0 heterocycles. The molecule has 4 nitrogen and oxygen atoms in total. The smallest absolute Gasteiger partial charge is 0.462 e. The van der Waals surface area contributed by atoms with Crippen molar-refractivity contribution < 1.29 is 49.3 Å². The summed E-state index contributed by atoms with van der Waals surface area (Å²) >= 11 is 5.63. The third-order valence-electron chi connectivity index (χ3n) is 2.70. The molecule has 2 atom stereocenters. The van der Waals surface area contributed by atoms with Crippen LogP contribution in [0.15, 0.2) is 24.3 Å². The second kappa shape index (κ2) is 7.42. The lowest BCUT2D eigenvalue weighted by Gasteiger charge is -2.38. The number of hydrogen-bond donors (Lipinski definition) is 0. The van der Waals surface area contributed by atoms with Gasteiger partial charge in [0.1, 0.15) is 11.8 Å². The van der Waals surface area contributed by atoms with Crippen LogP contribution in [0.25, 0.3) is 0 Å². The monoisotopic (exact) mass is 413 g/mol. The van der Waals surface area contributed by atoms with Crippen LogP contribution in [0.3, 0.4) is 0 Å². The molecule has 146 valence electrons. The third kappa shape index (κ3) is 5.09. The Hall–Kier alpha value is -1.84. The van der Waals surface area contributed by atoms with Crippen LogP contribution in [0.1, 0.15) is 6.92 Å². The summed E-state index contributed by atoms with van der Waals surface area (Å²) in [6, 6.07) is 0.153. The molecule has 0 aliphatic heterocycles. The van der Waals surface area contributed by atoms with Crippen LogP contribution in [0.2, 0.25) is 5.02 Å². The van der Waals surface area contributed by atoms with Gasteiger partial charge in [0.05, 0.1) is 5.02 Å². The number of benzene rings is 1. The number of hydrogen-bond acceptors (Lipinski definition) is 4. The SMILES string of the molecule is CC(C#N)(Oc1ccccc1Cl)C(F)(OC(F)(F)F)OC(F)(F)C(F)F. The third-order valence-corrected chi connectivity index (χ3v) is 3.01. The Morgan fingerprint density at radius 2 is 1.58 bits per heavy atom. The van der Waals surface area contributed by atoms with Gasteiger partial charge >= 0.3 is 24.9 Å². The largest absolute Gasteiger partial charge is 0.527 e. The van der Waals surface area contributed by atoms with Gasteiger partial charge in [-0.2, -0.15) is 18.4 Å². The summed E-state index contributed by atoms with van der Waals surface area (Å²) in [5, 5.41) is 8.63. The van der Waals surface area contributed by atoms with E-state index < -0.39 is 36.3 Å². The summed E-state index contributed by atoms with van der Waals surface area (Å²) in [6.45, 7) is 0.212. The minimum Gasteiger partial charge on any atom is -0.462 e. The van der Waals surface area contributed by atoms with Crippen molar-refractivity contribution in [2.75, 3.05) is 0 Å². The van der Waals surface area contributed by atoms with Gasteiger partial charge in [0, 0.05) is 0 Å². The lowest BCUT2D eigenvalue weighted by molar-refractivity contribution is -0.523. The van der Waals surface area contributed by atoms with Crippen molar-refractivity contribution in [3.63, 3.8) is 0 Å². The summed E-state index contributed by atoms with van der Waals surface area (Å²) in [5.74, 6) is -0.630. The van der Waals surface area contributed by atoms with Crippen molar-refractivity contribution >= 4 is 11.6 Å². The Kier molecular flexibility index (Phi) is 6.33. The Morgan fingerprint density at radius 3 is 2.00 bits per heavy atom. The number of ether oxygens (including phenoxy) is 3. The van der Waals surface area contributed by atoms with Gasteiger partial charge in [-0.05, 0) is 19.1 Å². The van der Waals surface area contributed by atoms with Crippen LogP contribution in [0, 0.1) is 11.3 Å². The molecule has 1 aromatic rings. The van der Waals surface area contributed by atoms with Gasteiger partial charge in [-0.3, -0.25) is 0 Å². The molecular formula is C13H8ClF8NO3. The van der Waals surface area contributed by atoms with E-state index in [1.165, 1.54) is 12.1 Å². The first kappa shape index (κ1) is 22.2. The minimum absolute atomic E-state index is 0.212. The average Bonchev–Trinajstić information content (AvgIpc) is 2.46. The topological polar surface area (TPSA) is 51.5 Å². The van der Waals surface area contributed by atoms with E-state index in [0.29, 0.717) is 0 Å². The Bertz CT molecular complexity index is 680. The Labute approximate surface area is 145 Å². The zero-order chi connectivity index (χ0) is 20.4. The fraction of sp³-hybridized carbons (Fsp3) is 0.462. The minimum atomic E-state index is -6.01. The molecule has 0 amide bonds. The van der Waals surface area contributed by atoms with E-state index in [2.05, 4.69) is 14.2 Å². The summed E-state index contributed by atoms with van der Waals surface area (Å²) < 4.78 is 113. The van der Waals surface area contributed by atoms with Crippen molar-refractivity contribution in [2.45, 2.75) is 37.5 Å². The average molecular weight is 414 g/mol. The van der Waals surface area contributed by atoms with Crippen molar-refractivity contribution in [3.8, 4) is 11.8 Å². The van der Waals surface area contributed by atoms with E-state index in [0.717, 1.165) is 18.2 Å². The number of alkyl halides is 8. The first-order valence-electron chi connectivity index (χ1n) is 6.32. The molecule has 1 rings (SSSR count). The molecule has 0 aliphatic carbocycles. The summed E-state index contributed by atoms with van der Waals surface area (Å²) in [5.41, 5.74) is -3.63. The molecule has 0 spiro atoms. The van der Waals surface area contributed by atoms with Crippen molar-refractivity contribution in [3.05, 3.63) is 29.3 Å². The molecule has 1 aromatic carbocycles. The fourth-order valence-electron chi connectivity index (χ4n) is 1.48. The van der Waals surface area contributed by atoms with E-state index >= 15 is 0 Å². The summed E-state index contributed by atoms with van der Waals surface area (Å²) in [7, 11) is 0.